The zero-order chi connectivity index (χ0) is 25.4. The minimum absolute atomic E-state index is 0.409. The van der Waals surface area contributed by atoms with Gasteiger partial charge in [-0.25, -0.2) is 0 Å². The fourth-order valence-corrected chi connectivity index (χ4v) is 8.48. The molecule has 0 amide bonds. The third-order valence-electron chi connectivity index (χ3n) is 5.93. The Kier molecular flexibility index (Phi) is 12.3. The van der Waals surface area contributed by atoms with Crippen LogP contribution in [-0.2, 0) is 14.2 Å². The normalized spacial score (nSPS) is 11.3. The van der Waals surface area contributed by atoms with Crippen molar-refractivity contribution >= 4 is 37.1 Å². The molecule has 0 aliphatic carbocycles. The fraction of sp³-hybridized carbons (Fsp3) is 0.250. The van der Waals surface area contributed by atoms with E-state index in [0.717, 1.165) is 25.5 Å². The maximum absolute atomic E-state index is 5.92. The van der Waals surface area contributed by atoms with Gasteiger partial charge in [0.2, 0.25) is 0 Å². The van der Waals surface area contributed by atoms with Gasteiger partial charge in [0, 0.05) is 0 Å². The lowest BCUT2D eigenvalue weighted by Gasteiger charge is -2.19. The first kappa shape index (κ1) is 27.6. The van der Waals surface area contributed by atoms with Crippen LogP contribution >= 0.6 is 15.8 Å². The van der Waals surface area contributed by atoms with Crippen LogP contribution in [-0.4, -0.2) is 52.0 Å². The van der Waals surface area contributed by atoms with Crippen LogP contribution in [0.5, 0.6) is 0 Å². The highest BCUT2D eigenvalue weighted by molar-refractivity contribution is 7.73. The zero-order valence-corrected chi connectivity index (χ0v) is 23.1. The second-order valence-electron chi connectivity index (χ2n) is 8.48. The predicted octanol–water partition coefficient (Wildman–Crippen LogP) is 5.30. The van der Waals surface area contributed by atoms with Gasteiger partial charge in [-0.3, -0.25) is 0 Å². The summed E-state index contributed by atoms with van der Waals surface area (Å²) < 4.78 is 17.6. The summed E-state index contributed by atoms with van der Waals surface area (Å²) in [5.74, 6) is 0. The van der Waals surface area contributed by atoms with Gasteiger partial charge < -0.3 is 14.2 Å². The van der Waals surface area contributed by atoms with Gasteiger partial charge in [-0.15, -0.1) is 0 Å². The molecular weight excluding hydrogens is 494 g/mol. The molecule has 0 unspecified atom stereocenters. The molecule has 0 atom stereocenters. The predicted molar refractivity (Wildman–Crippen MR) is 160 cm³/mol. The highest BCUT2D eigenvalue weighted by Gasteiger charge is 2.14. The molecule has 0 spiro atoms. The third kappa shape index (κ3) is 9.46. The maximum atomic E-state index is 5.92. The van der Waals surface area contributed by atoms with Gasteiger partial charge in [-0.2, -0.15) is 0 Å². The fourth-order valence-electron chi connectivity index (χ4n) is 4.10. The first-order valence-corrected chi connectivity index (χ1v) is 16.0. The maximum Gasteiger partial charge on any atom is 0.0701 e. The van der Waals surface area contributed by atoms with E-state index in [9.17, 15) is 0 Å². The van der Waals surface area contributed by atoms with Crippen molar-refractivity contribution in [1.82, 2.24) is 0 Å². The van der Waals surface area contributed by atoms with Crippen LogP contribution in [0.1, 0.15) is 0 Å². The van der Waals surface area contributed by atoms with Crippen molar-refractivity contribution in [3.63, 3.8) is 0 Å². The summed E-state index contributed by atoms with van der Waals surface area (Å²) in [6.45, 7) is 3.88. The summed E-state index contributed by atoms with van der Waals surface area (Å²) >= 11 is 0. The Morgan fingerprint density at radius 1 is 0.324 bits per heavy atom. The van der Waals surface area contributed by atoms with Crippen LogP contribution in [0.3, 0.4) is 0 Å². The second-order valence-corrected chi connectivity index (χ2v) is 13.2. The van der Waals surface area contributed by atoms with Crippen molar-refractivity contribution in [3.8, 4) is 0 Å². The lowest BCUT2D eigenvalue weighted by molar-refractivity contribution is 0.0204. The molecule has 0 N–H and O–H groups in total. The van der Waals surface area contributed by atoms with Crippen molar-refractivity contribution in [1.29, 1.82) is 0 Å². The molecule has 0 aliphatic rings. The number of hydrogen-bond donors (Lipinski definition) is 0. The number of rotatable bonds is 16. The summed E-state index contributed by atoms with van der Waals surface area (Å²) in [4.78, 5) is 0. The van der Waals surface area contributed by atoms with Gasteiger partial charge >= 0.3 is 0 Å². The minimum Gasteiger partial charge on any atom is -0.379 e. The standard InChI is InChI=1S/C32H36O3P2/c1-5-13-29(14-6-1)36(30-15-7-2-8-16-30)27-25-34-23-21-33-22-24-35-26-28-37(31-17-9-3-10-18-31)32-19-11-4-12-20-32/h1-20H,21-28H2. The van der Waals surface area contributed by atoms with E-state index < -0.39 is 15.8 Å². The Bertz CT molecular complexity index is 942. The topological polar surface area (TPSA) is 27.7 Å². The number of benzene rings is 4. The van der Waals surface area contributed by atoms with E-state index in [2.05, 4.69) is 121 Å². The molecule has 37 heavy (non-hydrogen) atoms. The summed E-state index contributed by atoms with van der Waals surface area (Å²) in [5, 5.41) is 5.57. The average molecular weight is 531 g/mol. The summed E-state index contributed by atoms with van der Waals surface area (Å²) in [6, 6.07) is 43.1. The highest BCUT2D eigenvalue weighted by Crippen LogP contribution is 2.33. The van der Waals surface area contributed by atoms with Gasteiger partial charge in [0.25, 0.3) is 0 Å². The largest absolute Gasteiger partial charge is 0.379 e. The Morgan fingerprint density at radius 2 is 0.568 bits per heavy atom. The smallest absolute Gasteiger partial charge is 0.0701 e. The van der Waals surface area contributed by atoms with Crippen LogP contribution in [0.25, 0.3) is 0 Å². The number of ether oxygens (including phenoxy) is 3. The molecule has 4 rings (SSSR count). The van der Waals surface area contributed by atoms with Crippen LogP contribution in [0.2, 0.25) is 0 Å². The molecule has 0 saturated carbocycles. The molecule has 0 aromatic heterocycles. The van der Waals surface area contributed by atoms with E-state index in [1.165, 1.54) is 21.2 Å². The van der Waals surface area contributed by atoms with Crippen molar-refractivity contribution in [2.24, 2.45) is 0 Å². The molecule has 192 valence electrons. The number of hydrogen-bond acceptors (Lipinski definition) is 3. The van der Waals surface area contributed by atoms with E-state index in [-0.39, 0.29) is 0 Å². The molecule has 0 heterocycles. The van der Waals surface area contributed by atoms with E-state index in [1.54, 1.807) is 0 Å². The molecule has 5 heteroatoms. The lowest BCUT2D eigenvalue weighted by Crippen LogP contribution is -2.18. The van der Waals surface area contributed by atoms with E-state index in [4.69, 9.17) is 14.2 Å². The van der Waals surface area contributed by atoms with Gasteiger partial charge in [0.1, 0.15) is 0 Å². The van der Waals surface area contributed by atoms with Gasteiger partial charge in [-0.1, -0.05) is 121 Å². The molecule has 0 radical (unpaired) electrons. The summed E-state index contributed by atoms with van der Waals surface area (Å²) in [7, 11) is -0.818. The van der Waals surface area contributed by atoms with Crippen LogP contribution < -0.4 is 21.2 Å². The van der Waals surface area contributed by atoms with Crippen molar-refractivity contribution < 1.29 is 14.2 Å². The minimum atomic E-state index is -0.409. The molecule has 0 saturated heterocycles. The monoisotopic (exact) mass is 530 g/mol. The van der Waals surface area contributed by atoms with Crippen molar-refractivity contribution in [3.05, 3.63) is 121 Å². The Morgan fingerprint density at radius 3 is 0.838 bits per heavy atom. The summed E-state index contributed by atoms with van der Waals surface area (Å²) in [5.41, 5.74) is 0. The average Bonchev–Trinajstić information content (AvgIpc) is 2.97. The molecule has 0 aliphatic heterocycles. The first-order valence-electron chi connectivity index (χ1n) is 12.9. The first-order chi connectivity index (χ1) is 18.4. The van der Waals surface area contributed by atoms with Crippen LogP contribution in [0, 0.1) is 0 Å². The molecule has 0 bridgehead atoms. The van der Waals surface area contributed by atoms with Crippen molar-refractivity contribution in [2.45, 2.75) is 0 Å². The summed E-state index contributed by atoms with van der Waals surface area (Å²) in [6.07, 6.45) is 2.02. The van der Waals surface area contributed by atoms with Gasteiger partial charge in [0.15, 0.2) is 0 Å². The molecular formula is C32H36O3P2. The van der Waals surface area contributed by atoms with Crippen LogP contribution in [0.15, 0.2) is 121 Å². The van der Waals surface area contributed by atoms with Gasteiger partial charge in [0.05, 0.1) is 39.6 Å². The Labute approximate surface area is 224 Å². The molecule has 4 aromatic rings. The van der Waals surface area contributed by atoms with E-state index in [1.807, 2.05) is 0 Å². The Balaban J connectivity index is 1.09. The quantitative estimate of drug-likeness (QED) is 0.145. The van der Waals surface area contributed by atoms with Crippen molar-refractivity contribution in [2.75, 3.05) is 52.0 Å². The second kappa shape index (κ2) is 16.5. The van der Waals surface area contributed by atoms with E-state index >= 15 is 0 Å². The Hall–Kier alpha value is -2.38. The van der Waals surface area contributed by atoms with Gasteiger partial charge in [-0.05, 0) is 49.4 Å². The lowest BCUT2D eigenvalue weighted by atomic mass is 10.4. The SMILES string of the molecule is c1ccc(P(CCOCCOCCOCCP(c2ccccc2)c2ccccc2)c2ccccc2)cc1. The highest BCUT2D eigenvalue weighted by atomic mass is 31.1. The molecule has 0 fully saturated rings. The van der Waals surface area contributed by atoms with Crippen LogP contribution in [0.4, 0.5) is 0 Å². The van der Waals surface area contributed by atoms with E-state index in [0.29, 0.717) is 26.4 Å². The molecule has 3 nitrogen and oxygen atoms in total. The third-order valence-corrected chi connectivity index (χ3v) is 10.9. The zero-order valence-electron chi connectivity index (χ0n) is 21.3. The molecule has 4 aromatic carbocycles.